The summed E-state index contributed by atoms with van der Waals surface area (Å²) in [5.41, 5.74) is 0.768. The summed E-state index contributed by atoms with van der Waals surface area (Å²) in [6.45, 7) is -0.112. The lowest BCUT2D eigenvalue weighted by Crippen LogP contribution is -2.54. The Bertz CT molecular complexity index is 562. The fraction of sp³-hybridized carbons (Fsp3) is 0.529. The molecular weight excluding hydrogens is 312 g/mol. The van der Waals surface area contributed by atoms with Gasteiger partial charge < -0.3 is 20.6 Å². The van der Waals surface area contributed by atoms with Crippen molar-refractivity contribution < 1.29 is 24.9 Å². The topological polar surface area (TPSA) is 110 Å². The molecule has 0 radical (unpaired) electrons. The maximum absolute atomic E-state index is 11.1. The van der Waals surface area contributed by atoms with Gasteiger partial charge in [0.2, 0.25) is 0 Å². The van der Waals surface area contributed by atoms with Crippen LogP contribution in [0.2, 0.25) is 0 Å². The van der Waals surface area contributed by atoms with Gasteiger partial charge in [0.25, 0.3) is 0 Å². The molecule has 0 saturated heterocycles. The average molecular weight is 336 g/mol. The highest BCUT2D eigenvalue weighted by atomic mass is 16.4. The lowest BCUT2D eigenvalue weighted by Gasteiger charge is -2.39. The van der Waals surface area contributed by atoms with Crippen LogP contribution in [0.25, 0.3) is 0 Å². The maximum Gasteiger partial charge on any atom is 0.317 e. The van der Waals surface area contributed by atoms with E-state index in [2.05, 4.69) is 5.32 Å². The number of carbonyl (C=O) groups is 2. The molecule has 1 aliphatic rings. The Hall–Kier alpha value is -2.12. The van der Waals surface area contributed by atoms with Gasteiger partial charge in [-0.1, -0.05) is 31.0 Å². The summed E-state index contributed by atoms with van der Waals surface area (Å²) in [4.78, 5) is 23.7. The number of para-hydroxylation sites is 1. The Morgan fingerprint density at radius 2 is 1.71 bits per heavy atom. The smallest absolute Gasteiger partial charge is 0.317 e. The number of hydrogen-bond acceptors (Lipinski definition) is 5. The standard InChI is InChI=1S/C17H24N2O5/c20-15-8-4-1-5-12(15)9-18-13-6-2-3-7-14(13)19(10-16(21)22)11-17(23)24/h1,4-5,8,13-14,18,20H,2-3,6-7,9-11H2,(H,21,22)(H,23,24)/t13-,14-/m1/s1. The van der Waals surface area contributed by atoms with Gasteiger partial charge in [-0.3, -0.25) is 14.5 Å². The Balaban J connectivity index is 2.06. The monoisotopic (exact) mass is 336 g/mol. The first kappa shape index (κ1) is 18.2. The highest BCUT2D eigenvalue weighted by Crippen LogP contribution is 2.24. The van der Waals surface area contributed by atoms with Crippen molar-refractivity contribution in [1.82, 2.24) is 10.2 Å². The molecule has 2 rings (SSSR count). The molecule has 4 N–H and O–H groups in total. The summed E-state index contributed by atoms with van der Waals surface area (Å²) in [6, 6.07) is 6.90. The highest BCUT2D eigenvalue weighted by molar-refractivity contribution is 5.72. The molecule has 24 heavy (non-hydrogen) atoms. The number of carboxylic acid groups (broad SMARTS) is 2. The van der Waals surface area contributed by atoms with E-state index in [1.807, 2.05) is 12.1 Å². The van der Waals surface area contributed by atoms with Gasteiger partial charge in [0.05, 0.1) is 13.1 Å². The first-order valence-corrected chi connectivity index (χ1v) is 8.15. The van der Waals surface area contributed by atoms with Gasteiger partial charge in [0.1, 0.15) is 5.75 Å². The molecule has 1 saturated carbocycles. The van der Waals surface area contributed by atoms with Crippen molar-refractivity contribution in [2.45, 2.75) is 44.3 Å². The number of phenols is 1. The molecule has 132 valence electrons. The Morgan fingerprint density at radius 1 is 1.08 bits per heavy atom. The zero-order valence-corrected chi connectivity index (χ0v) is 13.5. The van der Waals surface area contributed by atoms with Gasteiger partial charge in [-0.25, -0.2) is 0 Å². The summed E-state index contributed by atoms with van der Waals surface area (Å²) >= 11 is 0. The number of benzene rings is 1. The first-order chi connectivity index (χ1) is 11.5. The van der Waals surface area contributed by atoms with Crippen molar-refractivity contribution in [2.75, 3.05) is 13.1 Å². The molecule has 0 heterocycles. The number of phenolic OH excluding ortho intramolecular Hbond substituents is 1. The van der Waals surface area contributed by atoms with Gasteiger partial charge >= 0.3 is 11.9 Å². The Morgan fingerprint density at radius 3 is 2.33 bits per heavy atom. The van der Waals surface area contributed by atoms with E-state index in [1.54, 1.807) is 12.1 Å². The molecule has 0 unspecified atom stereocenters. The van der Waals surface area contributed by atoms with Crippen molar-refractivity contribution in [1.29, 1.82) is 0 Å². The average Bonchev–Trinajstić information content (AvgIpc) is 2.53. The van der Waals surface area contributed by atoms with E-state index in [1.165, 1.54) is 4.90 Å². The second-order valence-corrected chi connectivity index (χ2v) is 6.16. The normalized spacial score (nSPS) is 20.9. The van der Waals surface area contributed by atoms with Crippen LogP contribution in [0.15, 0.2) is 24.3 Å². The number of nitrogens with zero attached hydrogens (tertiary/aromatic N) is 1. The zero-order valence-electron chi connectivity index (χ0n) is 13.5. The minimum Gasteiger partial charge on any atom is -0.508 e. The fourth-order valence-electron chi connectivity index (χ4n) is 3.33. The second-order valence-electron chi connectivity index (χ2n) is 6.16. The zero-order chi connectivity index (χ0) is 17.5. The minimum atomic E-state index is -1.03. The summed E-state index contributed by atoms with van der Waals surface area (Å²) in [5, 5.41) is 31.4. The maximum atomic E-state index is 11.1. The number of aromatic hydroxyl groups is 1. The molecule has 1 fully saturated rings. The molecule has 0 aromatic heterocycles. The van der Waals surface area contributed by atoms with Crippen molar-refractivity contribution in [3.63, 3.8) is 0 Å². The fourth-order valence-corrected chi connectivity index (χ4v) is 3.33. The van der Waals surface area contributed by atoms with Gasteiger partial charge in [0.15, 0.2) is 0 Å². The van der Waals surface area contributed by atoms with Crippen LogP contribution in [-0.2, 0) is 16.1 Å². The Labute approximate surface area is 140 Å². The molecule has 0 spiro atoms. The predicted molar refractivity (Wildman–Crippen MR) is 87.8 cm³/mol. The molecule has 1 aromatic carbocycles. The number of hydrogen-bond donors (Lipinski definition) is 4. The van der Waals surface area contributed by atoms with Gasteiger partial charge in [0, 0.05) is 24.2 Å². The molecule has 1 aliphatic carbocycles. The lowest BCUT2D eigenvalue weighted by atomic mass is 9.88. The number of aliphatic carboxylic acids is 2. The van der Waals surface area contributed by atoms with E-state index in [4.69, 9.17) is 10.2 Å². The van der Waals surface area contributed by atoms with E-state index in [0.717, 1.165) is 31.2 Å². The van der Waals surface area contributed by atoms with Crippen LogP contribution in [0.1, 0.15) is 31.2 Å². The summed E-state index contributed by atoms with van der Waals surface area (Å²) in [6.07, 6.45) is 3.59. The van der Waals surface area contributed by atoms with Crippen LogP contribution in [0.3, 0.4) is 0 Å². The van der Waals surface area contributed by atoms with Crippen LogP contribution in [0.5, 0.6) is 5.75 Å². The van der Waals surface area contributed by atoms with Gasteiger partial charge in [-0.15, -0.1) is 0 Å². The van der Waals surface area contributed by atoms with Crippen LogP contribution in [0.4, 0.5) is 0 Å². The number of nitrogens with one attached hydrogen (secondary N) is 1. The third kappa shape index (κ3) is 5.21. The summed E-state index contributed by atoms with van der Waals surface area (Å²) < 4.78 is 0. The largest absolute Gasteiger partial charge is 0.508 e. The summed E-state index contributed by atoms with van der Waals surface area (Å²) in [7, 11) is 0. The van der Waals surface area contributed by atoms with Crippen LogP contribution < -0.4 is 5.32 Å². The molecule has 2 atom stereocenters. The number of rotatable bonds is 8. The van der Waals surface area contributed by atoms with E-state index >= 15 is 0 Å². The van der Waals surface area contributed by atoms with E-state index in [-0.39, 0.29) is 30.9 Å². The summed E-state index contributed by atoms with van der Waals surface area (Å²) in [5.74, 6) is -1.84. The van der Waals surface area contributed by atoms with Crippen LogP contribution in [-0.4, -0.2) is 57.3 Å². The molecule has 7 nitrogen and oxygen atoms in total. The van der Waals surface area contributed by atoms with Gasteiger partial charge in [-0.05, 0) is 18.9 Å². The molecule has 0 amide bonds. The lowest BCUT2D eigenvalue weighted by molar-refractivity contribution is -0.143. The van der Waals surface area contributed by atoms with E-state index < -0.39 is 11.9 Å². The van der Waals surface area contributed by atoms with Crippen molar-refractivity contribution in [2.24, 2.45) is 0 Å². The second kappa shape index (κ2) is 8.65. The minimum absolute atomic E-state index is 0.00273. The molecule has 0 aliphatic heterocycles. The Kier molecular flexibility index (Phi) is 6.57. The quantitative estimate of drug-likeness (QED) is 0.566. The van der Waals surface area contributed by atoms with Crippen molar-refractivity contribution in [3.05, 3.63) is 29.8 Å². The highest BCUT2D eigenvalue weighted by Gasteiger charge is 2.32. The van der Waals surface area contributed by atoms with Crippen LogP contribution in [0, 0.1) is 0 Å². The number of carboxylic acids is 2. The third-order valence-corrected chi connectivity index (χ3v) is 4.42. The molecule has 1 aromatic rings. The molecular formula is C17H24N2O5. The SMILES string of the molecule is O=C(O)CN(CC(=O)O)[C@@H]1CCCC[C@H]1NCc1ccccc1O. The van der Waals surface area contributed by atoms with Gasteiger partial charge in [-0.2, -0.15) is 0 Å². The molecule has 7 heteroatoms. The predicted octanol–water partition coefficient (Wildman–Crippen LogP) is 1.26. The first-order valence-electron chi connectivity index (χ1n) is 8.15. The van der Waals surface area contributed by atoms with E-state index in [0.29, 0.717) is 6.54 Å². The van der Waals surface area contributed by atoms with Crippen molar-refractivity contribution >= 4 is 11.9 Å². The third-order valence-electron chi connectivity index (χ3n) is 4.42. The van der Waals surface area contributed by atoms with E-state index in [9.17, 15) is 14.7 Å². The van der Waals surface area contributed by atoms with Crippen LogP contribution >= 0.6 is 0 Å². The van der Waals surface area contributed by atoms with Crippen molar-refractivity contribution in [3.8, 4) is 5.75 Å². The molecule has 0 bridgehead atoms.